The van der Waals surface area contributed by atoms with Crippen LogP contribution < -0.4 is 49.5 Å². The van der Waals surface area contributed by atoms with Crippen molar-refractivity contribution in [1.82, 2.24) is 41.3 Å². The van der Waals surface area contributed by atoms with Crippen LogP contribution in [0, 0.1) is 11.8 Å². The number of carboxylic acid groups (broad SMARTS) is 2. The summed E-state index contributed by atoms with van der Waals surface area (Å²) >= 11 is 0. The van der Waals surface area contributed by atoms with E-state index in [0.29, 0.717) is 19.3 Å². The number of carbonyl (C=O) groups is 11. The van der Waals surface area contributed by atoms with Crippen LogP contribution in [0.25, 0.3) is 0 Å². The summed E-state index contributed by atoms with van der Waals surface area (Å²) in [6.45, 7) is 6.65. The van der Waals surface area contributed by atoms with Crippen molar-refractivity contribution in [3.63, 3.8) is 0 Å². The van der Waals surface area contributed by atoms with E-state index in [2.05, 4.69) is 31.6 Å². The summed E-state index contributed by atoms with van der Waals surface area (Å²) in [4.78, 5) is 153. The third kappa shape index (κ3) is 17.9. The van der Waals surface area contributed by atoms with E-state index in [0.717, 1.165) is 0 Å². The van der Waals surface area contributed by atoms with Crippen LogP contribution in [-0.2, 0) is 52.7 Å². The lowest BCUT2D eigenvalue weighted by Crippen LogP contribution is -2.60. The van der Waals surface area contributed by atoms with Crippen LogP contribution in [0.4, 0.5) is 0 Å². The van der Waals surface area contributed by atoms with Gasteiger partial charge in [0.2, 0.25) is 53.2 Å². The first-order valence-electron chi connectivity index (χ1n) is 24.4. The van der Waals surface area contributed by atoms with Crippen molar-refractivity contribution in [2.24, 2.45) is 39.8 Å². The van der Waals surface area contributed by atoms with Crippen LogP contribution in [0.15, 0.2) is 4.99 Å². The predicted molar refractivity (Wildman–Crippen MR) is 256 cm³/mol. The molecule has 3 saturated heterocycles. The first-order chi connectivity index (χ1) is 33.9. The molecule has 0 radical (unpaired) electrons. The lowest BCUT2D eigenvalue weighted by Gasteiger charge is -2.35. The van der Waals surface area contributed by atoms with Crippen LogP contribution in [0.2, 0.25) is 0 Å². The molecular formula is C45H75N13O14. The van der Waals surface area contributed by atoms with Gasteiger partial charge in [-0.15, -0.1) is 0 Å². The molecule has 0 aromatic carbocycles. The van der Waals surface area contributed by atoms with Crippen molar-refractivity contribution in [3.05, 3.63) is 0 Å². The lowest BCUT2D eigenvalue weighted by atomic mass is 10.0. The number of guanidine groups is 1. The lowest BCUT2D eigenvalue weighted by molar-refractivity contribution is -0.151. The number of carboxylic acids is 2. The van der Waals surface area contributed by atoms with Gasteiger partial charge in [0.1, 0.15) is 48.3 Å². The number of aliphatic imine (C=N–C) groups is 1. The number of aliphatic hydroxyl groups is 1. The molecule has 27 heteroatoms. The van der Waals surface area contributed by atoms with Crippen LogP contribution in [0.5, 0.6) is 0 Å². The highest BCUT2D eigenvalue weighted by Gasteiger charge is 2.47. The SMILES string of the molecule is CC(C)C[C@H](NC(=O)[C@H](CC(=O)O)NC(=O)[C@H](CO)NC(=O)[C@@H](N)CC(C)C)C(=O)N[C@@H](CCCN=C(N)N)C(=O)N1CCC[C@H]1C(=O)N1CCC[C@H]1C(=O)N1CCC[C@H]1C(=O)N[C@@H](CCC(N)=O)C(=O)O. The summed E-state index contributed by atoms with van der Waals surface area (Å²) in [5.74, 6) is -10.4. The molecule has 3 aliphatic rings. The summed E-state index contributed by atoms with van der Waals surface area (Å²) in [6.07, 6.45) is 0.733. The third-order valence-corrected chi connectivity index (χ3v) is 12.6. The molecule has 72 heavy (non-hydrogen) atoms. The minimum atomic E-state index is -1.81. The third-order valence-electron chi connectivity index (χ3n) is 12.6. The first kappa shape index (κ1) is 59.7. The van der Waals surface area contributed by atoms with Crippen molar-refractivity contribution in [1.29, 1.82) is 0 Å². The second-order valence-corrected chi connectivity index (χ2v) is 19.3. The minimum Gasteiger partial charge on any atom is -0.481 e. The van der Waals surface area contributed by atoms with Crippen molar-refractivity contribution >= 4 is 71.1 Å². The van der Waals surface area contributed by atoms with E-state index in [-0.39, 0.29) is 102 Å². The standard InChI is InChI=1S/C45H75N13O14/c1-23(2)19-25(46)36(63)55-30(22-59)39(66)54-29(21-35(61)62)38(65)53-28(20-24(3)4)37(64)51-26(9-5-15-50-45(48)49)41(68)57-17-7-11-32(57)43(70)58-18-8-12-33(58)42(69)56-16-6-10-31(56)40(67)52-27(44(71)72)13-14-34(47)60/h23-33,59H,5-22,46H2,1-4H3,(H2,47,60)(H,51,64)(H,52,67)(H,53,65)(H,54,66)(H,55,63)(H,61,62)(H,71,72)(H4,48,49,50)/t25-,26-,27-,28-,29-,30-,31-,32-,33-/m0/s1. The number of hydrogen-bond acceptors (Lipinski definition) is 14. The Balaban J connectivity index is 1.83. The number of likely N-dealkylation sites (tertiary alicyclic amines) is 3. The summed E-state index contributed by atoms with van der Waals surface area (Å²) < 4.78 is 0. The van der Waals surface area contributed by atoms with Crippen molar-refractivity contribution in [2.75, 3.05) is 32.8 Å². The smallest absolute Gasteiger partial charge is 0.326 e. The largest absolute Gasteiger partial charge is 0.481 e. The number of hydrogen-bond donors (Lipinski definition) is 12. The Kier molecular flexibility index (Phi) is 23.5. The average molecular weight is 1020 g/mol. The summed E-state index contributed by atoms with van der Waals surface area (Å²) in [7, 11) is 0. The number of carbonyl (C=O) groups excluding carboxylic acids is 9. The first-order valence-corrected chi connectivity index (χ1v) is 24.4. The fourth-order valence-electron chi connectivity index (χ4n) is 9.02. The topological polar surface area (TPSA) is 435 Å². The normalized spacial score (nSPS) is 20.1. The van der Waals surface area contributed by atoms with E-state index >= 15 is 0 Å². The molecule has 3 fully saturated rings. The Labute approximate surface area is 417 Å². The highest BCUT2D eigenvalue weighted by Crippen LogP contribution is 2.29. The van der Waals surface area contributed by atoms with Crippen molar-refractivity contribution in [3.8, 4) is 0 Å². The Morgan fingerprint density at radius 1 is 0.597 bits per heavy atom. The number of nitrogens with one attached hydrogen (secondary N) is 5. The van der Waals surface area contributed by atoms with Gasteiger partial charge >= 0.3 is 11.9 Å². The molecule has 3 aliphatic heterocycles. The fraction of sp³-hybridized carbons (Fsp3) is 0.733. The van der Waals surface area contributed by atoms with Gasteiger partial charge in [-0.3, -0.25) is 52.9 Å². The Morgan fingerprint density at radius 3 is 1.61 bits per heavy atom. The number of nitrogens with two attached hydrogens (primary N) is 4. The highest BCUT2D eigenvalue weighted by atomic mass is 16.4. The van der Waals surface area contributed by atoms with E-state index in [4.69, 9.17) is 22.9 Å². The Bertz CT molecular complexity index is 2020. The second-order valence-electron chi connectivity index (χ2n) is 19.3. The zero-order chi connectivity index (χ0) is 54.0. The molecule has 27 nitrogen and oxygen atoms in total. The number of nitrogens with zero attached hydrogens (tertiary/aromatic N) is 4. The van der Waals surface area contributed by atoms with Gasteiger partial charge in [0, 0.05) is 32.6 Å². The molecule has 0 unspecified atom stereocenters. The molecule has 3 rings (SSSR count). The molecule has 404 valence electrons. The number of aliphatic hydroxyl groups excluding tert-OH is 1. The molecular weight excluding hydrogens is 947 g/mol. The number of aliphatic carboxylic acids is 2. The van der Waals surface area contributed by atoms with Crippen molar-refractivity contribution < 1.29 is 68.1 Å². The number of primary amides is 1. The fourth-order valence-corrected chi connectivity index (χ4v) is 9.02. The van der Waals surface area contributed by atoms with Gasteiger partial charge in [-0.2, -0.15) is 0 Å². The van der Waals surface area contributed by atoms with Gasteiger partial charge in [-0.1, -0.05) is 27.7 Å². The number of amides is 9. The molecule has 9 amide bonds. The summed E-state index contributed by atoms with van der Waals surface area (Å²) in [6, 6.07) is -11.7. The average Bonchev–Trinajstić information content (AvgIpc) is 4.11. The zero-order valence-electron chi connectivity index (χ0n) is 41.5. The minimum absolute atomic E-state index is 0.0198. The van der Waals surface area contributed by atoms with Gasteiger partial charge in [-0.05, 0) is 82.5 Å². The Hall–Kier alpha value is -6.64. The maximum atomic E-state index is 14.6. The molecule has 0 aromatic heterocycles. The van der Waals surface area contributed by atoms with Gasteiger partial charge in [0.15, 0.2) is 5.96 Å². The van der Waals surface area contributed by atoms with Gasteiger partial charge in [0.05, 0.1) is 19.1 Å². The molecule has 9 atom stereocenters. The molecule has 0 aromatic rings. The Morgan fingerprint density at radius 2 is 1.08 bits per heavy atom. The zero-order valence-corrected chi connectivity index (χ0v) is 41.5. The highest BCUT2D eigenvalue weighted by molar-refractivity contribution is 5.99. The predicted octanol–water partition coefficient (Wildman–Crippen LogP) is -4.33. The summed E-state index contributed by atoms with van der Waals surface area (Å²) in [5, 5.41) is 41.3. The van der Waals surface area contributed by atoms with Crippen LogP contribution >= 0.6 is 0 Å². The van der Waals surface area contributed by atoms with Crippen LogP contribution in [-0.4, -0.2) is 188 Å². The molecule has 3 heterocycles. The summed E-state index contributed by atoms with van der Waals surface area (Å²) in [5.41, 5.74) is 22.1. The second kappa shape index (κ2) is 28.4. The molecule has 0 saturated carbocycles. The van der Waals surface area contributed by atoms with E-state index < -0.39 is 133 Å². The van der Waals surface area contributed by atoms with E-state index in [1.165, 1.54) is 14.7 Å². The maximum Gasteiger partial charge on any atom is 0.326 e. The number of rotatable bonds is 28. The van der Waals surface area contributed by atoms with E-state index in [1.54, 1.807) is 13.8 Å². The molecule has 0 bridgehead atoms. The maximum absolute atomic E-state index is 14.6. The van der Waals surface area contributed by atoms with Crippen LogP contribution in [0.1, 0.15) is 111 Å². The van der Waals surface area contributed by atoms with E-state index in [9.17, 15) is 68.1 Å². The molecule has 0 aliphatic carbocycles. The van der Waals surface area contributed by atoms with Gasteiger partial charge in [-0.25, -0.2) is 4.79 Å². The van der Waals surface area contributed by atoms with Gasteiger partial charge < -0.3 is 79.5 Å². The van der Waals surface area contributed by atoms with Gasteiger partial charge in [0.25, 0.3) is 0 Å². The molecule has 0 spiro atoms. The van der Waals surface area contributed by atoms with Crippen LogP contribution in [0.3, 0.4) is 0 Å². The monoisotopic (exact) mass is 1020 g/mol. The van der Waals surface area contributed by atoms with E-state index in [1.807, 2.05) is 13.8 Å². The quantitative estimate of drug-likeness (QED) is 0.0200. The molecule has 16 N–H and O–H groups in total. The van der Waals surface area contributed by atoms with Crippen molar-refractivity contribution in [2.45, 2.75) is 166 Å².